The van der Waals surface area contributed by atoms with Crippen molar-refractivity contribution in [1.29, 1.82) is 0 Å². The van der Waals surface area contributed by atoms with E-state index in [1.807, 2.05) is 100 Å². The van der Waals surface area contributed by atoms with Crippen molar-refractivity contribution in [3.05, 3.63) is 75.7 Å². The number of rotatable bonds is 16. The van der Waals surface area contributed by atoms with E-state index in [9.17, 15) is 19.5 Å². The summed E-state index contributed by atoms with van der Waals surface area (Å²) in [6.07, 6.45) is -1.44. The SMILES string of the molecule is COc1ccc(CN2CCN(C[C@@H](O)[C@H](Cc3ccccc3)NC(=O)[C@@H](NC(=O)OCc3csc(C)n3)C(C)C)[C@H](C(=O)NC(C)(C)C)C2)cc1OC. The van der Waals surface area contributed by atoms with Gasteiger partial charge in [-0.1, -0.05) is 50.2 Å². The van der Waals surface area contributed by atoms with Gasteiger partial charge in [-0.3, -0.25) is 19.4 Å². The molecule has 0 bridgehead atoms. The zero-order valence-electron chi connectivity index (χ0n) is 32.2. The largest absolute Gasteiger partial charge is 0.493 e. The number of benzene rings is 2. The maximum absolute atomic E-state index is 13.8. The molecule has 0 radical (unpaired) electrons. The third-order valence-corrected chi connectivity index (χ3v) is 9.80. The van der Waals surface area contributed by atoms with E-state index >= 15 is 0 Å². The second-order valence-corrected chi connectivity index (χ2v) is 15.9. The number of carbonyl (C=O) groups is 3. The van der Waals surface area contributed by atoms with Gasteiger partial charge >= 0.3 is 6.09 Å². The van der Waals surface area contributed by atoms with Crippen molar-refractivity contribution in [2.45, 2.75) is 90.9 Å². The van der Waals surface area contributed by atoms with E-state index in [-0.39, 0.29) is 25.0 Å². The summed E-state index contributed by atoms with van der Waals surface area (Å²) >= 11 is 1.46. The number of piperazine rings is 1. The van der Waals surface area contributed by atoms with Crippen molar-refractivity contribution in [2.75, 3.05) is 40.4 Å². The Morgan fingerprint density at radius 3 is 2.34 bits per heavy atom. The van der Waals surface area contributed by atoms with Gasteiger partial charge < -0.3 is 35.3 Å². The van der Waals surface area contributed by atoms with E-state index < -0.39 is 41.8 Å². The van der Waals surface area contributed by atoms with E-state index in [0.717, 1.165) is 16.1 Å². The number of nitrogens with one attached hydrogen (secondary N) is 3. The maximum Gasteiger partial charge on any atom is 0.408 e. The van der Waals surface area contributed by atoms with Gasteiger partial charge in [-0.2, -0.15) is 0 Å². The predicted octanol–water partition coefficient (Wildman–Crippen LogP) is 3.91. The van der Waals surface area contributed by atoms with Crippen molar-refractivity contribution in [2.24, 2.45) is 5.92 Å². The van der Waals surface area contributed by atoms with Gasteiger partial charge in [0, 0.05) is 43.6 Å². The summed E-state index contributed by atoms with van der Waals surface area (Å²) in [6, 6.07) is 13.2. The van der Waals surface area contributed by atoms with Gasteiger partial charge in [0.1, 0.15) is 18.7 Å². The quantitative estimate of drug-likeness (QED) is 0.169. The molecule has 4 N–H and O–H groups in total. The molecule has 1 aliphatic rings. The number of hydrogen-bond donors (Lipinski definition) is 4. The average molecular weight is 753 g/mol. The minimum atomic E-state index is -1.05. The molecule has 1 saturated heterocycles. The van der Waals surface area contributed by atoms with Gasteiger partial charge in [-0.05, 0) is 63.3 Å². The van der Waals surface area contributed by atoms with Crippen LogP contribution in [-0.4, -0.2) is 108 Å². The van der Waals surface area contributed by atoms with Gasteiger partial charge in [-0.25, -0.2) is 9.78 Å². The second-order valence-electron chi connectivity index (χ2n) is 14.8. The van der Waals surface area contributed by atoms with E-state index in [1.165, 1.54) is 11.3 Å². The van der Waals surface area contributed by atoms with Crippen molar-refractivity contribution >= 4 is 29.2 Å². The summed E-state index contributed by atoms with van der Waals surface area (Å²) in [7, 11) is 3.20. The number of nitrogens with zero attached hydrogens (tertiary/aromatic N) is 3. The van der Waals surface area contributed by atoms with Crippen LogP contribution in [0.4, 0.5) is 4.79 Å². The van der Waals surface area contributed by atoms with Crippen molar-refractivity contribution in [1.82, 2.24) is 30.7 Å². The number of aryl methyl sites for hydroxylation is 1. The molecule has 13 nitrogen and oxygen atoms in total. The zero-order chi connectivity index (χ0) is 38.7. The number of aliphatic hydroxyl groups excluding tert-OH is 1. The molecular weight excluding hydrogens is 697 g/mol. The fourth-order valence-electron chi connectivity index (χ4n) is 6.29. The minimum absolute atomic E-state index is 0.0105. The van der Waals surface area contributed by atoms with Crippen LogP contribution >= 0.6 is 11.3 Å². The molecular formula is C39H56N6O7S. The highest BCUT2D eigenvalue weighted by Gasteiger charge is 2.37. The highest BCUT2D eigenvalue weighted by Crippen LogP contribution is 2.28. The molecule has 4 atom stereocenters. The number of methoxy groups -OCH3 is 2. The smallest absolute Gasteiger partial charge is 0.408 e. The number of aromatic nitrogens is 1. The Balaban J connectivity index is 1.50. The Morgan fingerprint density at radius 1 is 1.00 bits per heavy atom. The van der Waals surface area contributed by atoms with Gasteiger partial charge in [0.2, 0.25) is 11.8 Å². The number of carbonyl (C=O) groups excluding carboxylic acids is 3. The first-order valence-electron chi connectivity index (χ1n) is 18.0. The molecule has 14 heteroatoms. The highest BCUT2D eigenvalue weighted by atomic mass is 32.1. The lowest BCUT2D eigenvalue weighted by Crippen LogP contribution is -2.63. The number of hydrogen-bond acceptors (Lipinski definition) is 11. The normalized spacial score (nSPS) is 17.1. The van der Waals surface area contributed by atoms with Gasteiger partial charge in [0.15, 0.2) is 11.5 Å². The van der Waals surface area contributed by atoms with Gasteiger partial charge in [0.05, 0.1) is 37.1 Å². The average Bonchev–Trinajstić information content (AvgIpc) is 3.54. The van der Waals surface area contributed by atoms with Crippen LogP contribution in [0.15, 0.2) is 53.9 Å². The third-order valence-electron chi connectivity index (χ3n) is 8.98. The van der Waals surface area contributed by atoms with E-state index in [4.69, 9.17) is 14.2 Å². The molecule has 0 unspecified atom stereocenters. The van der Waals surface area contributed by atoms with Crippen LogP contribution in [0.3, 0.4) is 0 Å². The summed E-state index contributed by atoms with van der Waals surface area (Å²) in [5.41, 5.74) is 2.11. The standard InChI is InChI=1S/C39H56N6O7S/c1-25(2)35(42-38(49)52-23-29-24-53-26(3)40-29)37(48)41-30(18-27-12-10-9-11-13-27)32(46)22-45-17-16-44(21-31(45)36(47)43-39(4,5)6)20-28-14-15-33(50-7)34(19-28)51-8/h9-15,19,24-25,30-32,35,46H,16-18,20-23H2,1-8H3,(H,41,48)(H,42,49)(H,43,47)/t30-,31-,32+,35-/m0/s1. The van der Waals surface area contributed by atoms with Crippen LogP contribution in [0.5, 0.6) is 11.5 Å². The predicted molar refractivity (Wildman–Crippen MR) is 205 cm³/mol. The number of thiazole rings is 1. The highest BCUT2D eigenvalue weighted by molar-refractivity contribution is 7.09. The van der Waals surface area contributed by atoms with Crippen molar-refractivity contribution in [3.63, 3.8) is 0 Å². The lowest BCUT2D eigenvalue weighted by Gasteiger charge is -2.43. The first kappa shape index (κ1) is 41.5. The van der Waals surface area contributed by atoms with E-state index in [1.54, 1.807) is 14.2 Å². The molecule has 3 amide bonds. The van der Waals surface area contributed by atoms with Crippen LogP contribution in [0, 0.1) is 12.8 Å². The lowest BCUT2D eigenvalue weighted by molar-refractivity contribution is -0.132. The van der Waals surface area contributed by atoms with Gasteiger partial charge in [0.25, 0.3) is 0 Å². The molecule has 1 aromatic heterocycles. The molecule has 1 aliphatic heterocycles. The number of ether oxygens (including phenoxy) is 3. The molecule has 3 aromatic rings. The number of amides is 3. The van der Waals surface area contributed by atoms with Crippen molar-refractivity contribution < 1.29 is 33.7 Å². The second kappa shape index (κ2) is 19.2. The number of alkyl carbamates (subject to hydrolysis) is 1. The topological polar surface area (TPSA) is 155 Å². The van der Waals surface area contributed by atoms with Crippen molar-refractivity contribution in [3.8, 4) is 11.5 Å². The Kier molecular flexibility index (Phi) is 15.0. The Hall–Kier alpha value is -4.24. The first-order chi connectivity index (χ1) is 25.1. The maximum atomic E-state index is 13.8. The molecule has 2 heterocycles. The molecule has 0 saturated carbocycles. The first-order valence-corrected chi connectivity index (χ1v) is 18.9. The summed E-state index contributed by atoms with van der Waals surface area (Å²) in [6.45, 7) is 13.7. The van der Waals surface area contributed by atoms with Gasteiger partial charge in [-0.15, -0.1) is 11.3 Å². The van der Waals surface area contributed by atoms with Crippen LogP contribution in [-0.2, 0) is 33.9 Å². The summed E-state index contributed by atoms with van der Waals surface area (Å²) < 4.78 is 16.3. The van der Waals surface area contributed by atoms with E-state index in [2.05, 4.69) is 25.8 Å². The Bertz CT molecular complexity index is 1650. The third kappa shape index (κ3) is 12.7. The number of β-amino-alcohol motifs (C(OH)–C–C–N with tert-alkyl or cyclic N) is 1. The fraction of sp³-hybridized carbons (Fsp3) is 0.538. The molecule has 2 aromatic carbocycles. The lowest BCUT2D eigenvalue weighted by atomic mass is 9.97. The molecule has 1 fully saturated rings. The van der Waals surface area contributed by atoms with Crippen LogP contribution in [0.25, 0.3) is 0 Å². The fourth-order valence-corrected chi connectivity index (χ4v) is 6.88. The van der Waals surface area contributed by atoms with E-state index in [0.29, 0.717) is 49.8 Å². The molecule has 0 spiro atoms. The Labute approximate surface area is 317 Å². The monoisotopic (exact) mass is 752 g/mol. The molecule has 0 aliphatic carbocycles. The summed E-state index contributed by atoms with van der Waals surface area (Å²) in [5.74, 6) is 0.427. The minimum Gasteiger partial charge on any atom is -0.493 e. The van der Waals surface area contributed by atoms with Crippen LogP contribution < -0.4 is 25.4 Å². The summed E-state index contributed by atoms with van der Waals surface area (Å²) in [5, 5.41) is 23.4. The zero-order valence-corrected chi connectivity index (χ0v) is 33.0. The van der Waals surface area contributed by atoms with Crippen LogP contribution in [0.2, 0.25) is 0 Å². The Morgan fingerprint density at radius 2 is 1.72 bits per heavy atom. The summed E-state index contributed by atoms with van der Waals surface area (Å²) in [4.78, 5) is 48.9. The number of aliphatic hydroxyl groups is 1. The molecule has 53 heavy (non-hydrogen) atoms. The van der Waals surface area contributed by atoms with Crippen LogP contribution in [0.1, 0.15) is 56.4 Å². The molecule has 4 rings (SSSR count). The molecule has 290 valence electrons.